The summed E-state index contributed by atoms with van der Waals surface area (Å²) in [5.41, 5.74) is -0.0861. The van der Waals surface area contributed by atoms with Gasteiger partial charge in [0.15, 0.2) is 11.6 Å². The molecule has 3 heterocycles. The number of carbonyl (C=O) groups is 1. The fraction of sp³-hybridized carbons (Fsp3) is 0.300. The van der Waals surface area contributed by atoms with Crippen molar-refractivity contribution in [2.24, 2.45) is 0 Å². The van der Waals surface area contributed by atoms with Gasteiger partial charge in [-0.05, 0) is 43.3 Å². The number of urea groups is 1. The van der Waals surface area contributed by atoms with Gasteiger partial charge in [-0.1, -0.05) is 11.6 Å². The van der Waals surface area contributed by atoms with Crippen molar-refractivity contribution in [3.8, 4) is 5.82 Å². The summed E-state index contributed by atoms with van der Waals surface area (Å²) in [5, 5.41) is 14.8. The highest BCUT2D eigenvalue weighted by Crippen LogP contribution is 2.36. The van der Waals surface area contributed by atoms with Crippen molar-refractivity contribution < 1.29 is 18.0 Å². The van der Waals surface area contributed by atoms with Crippen molar-refractivity contribution >= 4 is 29.1 Å². The third-order valence-corrected chi connectivity index (χ3v) is 5.34. The topological polar surface area (TPSA) is 79.2 Å². The van der Waals surface area contributed by atoms with Crippen LogP contribution in [0.25, 0.3) is 5.82 Å². The van der Waals surface area contributed by atoms with Crippen LogP contribution in [0, 0.1) is 6.92 Å². The molecule has 4 rings (SSSR count). The minimum atomic E-state index is -4.60. The number of aromatic nitrogens is 4. The third kappa shape index (κ3) is 4.77. The van der Waals surface area contributed by atoms with E-state index in [1.54, 1.807) is 10.9 Å². The highest BCUT2D eigenvalue weighted by atomic mass is 35.5. The zero-order valence-corrected chi connectivity index (χ0v) is 17.7. The lowest BCUT2D eigenvalue weighted by atomic mass is 10.2. The molecule has 8 nitrogen and oxygen atoms in total. The summed E-state index contributed by atoms with van der Waals surface area (Å²) in [6.45, 7) is 3.67. The van der Waals surface area contributed by atoms with Crippen LogP contribution in [0.5, 0.6) is 0 Å². The van der Waals surface area contributed by atoms with Crippen molar-refractivity contribution in [1.29, 1.82) is 0 Å². The maximum atomic E-state index is 13.0. The second-order valence-corrected chi connectivity index (χ2v) is 7.66. The Balaban J connectivity index is 1.35. The van der Waals surface area contributed by atoms with E-state index in [0.717, 1.165) is 17.8 Å². The van der Waals surface area contributed by atoms with Crippen LogP contribution >= 0.6 is 11.6 Å². The summed E-state index contributed by atoms with van der Waals surface area (Å²) in [5.74, 6) is 1.27. The number of benzene rings is 1. The van der Waals surface area contributed by atoms with Gasteiger partial charge in [0.25, 0.3) is 0 Å². The molecule has 1 aliphatic heterocycles. The van der Waals surface area contributed by atoms with Gasteiger partial charge in [-0.3, -0.25) is 0 Å². The molecule has 168 valence electrons. The minimum Gasteiger partial charge on any atom is -0.352 e. The Morgan fingerprint density at radius 3 is 2.31 bits per heavy atom. The standard InChI is InChI=1S/C20H19ClF3N7O/c1-13-6-7-31(28-13)18-5-4-17(26-27-18)29-8-10-30(11-9-29)19(32)25-14-2-3-16(21)15(12-14)20(22,23)24/h2-7,12H,8-11H2,1H3,(H,25,32). The van der Waals surface area contributed by atoms with Gasteiger partial charge in [-0.25, -0.2) is 9.48 Å². The lowest BCUT2D eigenvalue weighted by Crippen LogP contribution is -2.50. The smallest absolute Gasteiger partial charge is 0.352 e. The van der Waals surface area contributed by atoms with Gasteiger partial charge < -0.3 is 15.1 Å². The molecule has 2 aromatic heterocycles. The number of alkyl halides is 3. The van der Waals surface area contributed by atoms with Crippen LogP contribution in [0.15, 0.2) is 42.6 Å². The predicted molar refractivity (Wildman–Crippen MR) is 113 cm³/mol. The number of rotatable bonds is 3. The van der Waals surface area contributed by atoms with Crippen LogP contribution in [0.3, 0.4) is 0 Å². The van der Waals surface area contributed by atoms with E-state index in [4.69, 9.17) is 11.6 Å². The van der Waals surface area contributed by atoms with Crippen molar-refractivity contribution in [2.45, 2.75) is 13.1 Å². The fourth-order valence-corrected chi connectivity index (χ4v) is 3.54. The maximum Gasteiger partial charge on any atom is 0.417 e. The Kier molecular flexibility index (Phi) is 5.92. The number of piperazine rings is 1. The Morgan fingerprint density at radius 1 is 1.03 bits per heavy atom. The molecule has 1 N–H and O–H groups in total. The number of hydrogen-bond acceptors (Lipinski definition) is 5. The SMILES string of the molecule is Cc1ccn(-c2ccc(N3CCN(C(=O)Nc4ccc(Cl)c(C(F)(F)F)c4)CC3)nn2)n1. The maximum absolute atomic E-state index is 13.0. The van der Waals surface area contributed by atoms with Crippen LogP contribution in [0.4, 0.5) is 29.5 Å². The number of nitrogens with zero attached hydrogens (tertiary/aromatic N) is 6. The van der Waals surface area contributed by atoms with E-state index in [2.05, 4.69) is 20.6 Å². The van der Waals surface area contributed by atoms with Crippen molar-refractivity contribution in [1.82, 2.24) is 24.9 Å². The number of aryl methyl sites for hydroxylation is 1. The van der Waals surface area contributed by atoms with Gasteiger partial charge >= 0.3 is 12.2 Å². The van der Waals surface area contributed by atoms with Crippen LogP contribution in [0.2, 0.25) is 5.02 Å². The normalized spacial score (nSPS) is 14.5. The highest BCUT2D eigenvalue weighted by Gasteiger charge is 2.33. The molecular weight excluding hydrogens is 447 g/mol. The van der Waals surface area contributed by atoms with E-state index in [-0.39, 0.29) is 5.69 Å². The summed E-state index contributed by atoms with van der Waals surface area (Å²) >= 11 is 5.62. The molecule has 1 aliphatic rings. The Bertz CT molecular complexity index is 1110. The van der Waals surface area contributed by atoms with E-state index in [1.807, 2.05) is 30.0 Å². The monoisotopic (exact) mass is 465 g/mol. The van der Waals surface area contributed by atoms with Crippen molar-refractivity contribution in [3.63, 3.8) is 0 Å². The van der Waals surface area contributed by atoms with Gasteiger partial charge in [0.05, 0.1) is 16.3 Å². The lowest BCUT2D eigenvalue weighted by Gasteiger charge is -2.35. The number of nitrogens with one attached hydrogen (secondary N) is 1. The molecule has 0 atom stereocenters. The number of anilines is 2. The summed E-state index contributed by atoms with van der Waals surface area (Å²) in [4.78, 5) is 16.0. The Labute approximate surface area is 186 Å². The molecule has 2 amide bonds. The predicted octanol–water partition coefficient (Wildman–Crippen LogP) is 4.00. The van der Waals surface area contributed by atoms with Gasteiger partial charge in [-0.2, -0.15) is 18.3 Å². The van der Waals surface area contributed by atoms with E-state index < -0.39 is 22.8 Å². The zero-order valence-electron chi connectivity index (χ0n) is 17.0. The summed E-state index contributed by atoms with van der Waals surface area (Å²) < 4.78 is 40.7. The summed E-state index contributed by atoms with van der Waals surface area (Å²) in [7, 11) is 0. The van der Waals surface area contributed by atoms with Gasteiger partial charge in [0.1, 0.15) is 0 Å². The molecular formula is C20H19ClF3N7O. The minimum absolute atomic E-state index is 0.0319. The zero-order chi connectivity index (χ0) is 22.9. The molecule has 0 aliphatic carbocycles. The second kappa shape index (κ2) is 8.65. The van der Waals surface area contributed by atoms with Gasteiger partial charge in [-0.15, -0.1) is 10.2 Å². The van der Waals surface area contributed by atoms with Gasteiger partial charge in [0.2, 0.25) is 0 Å². The first-order valence-corrected chi connectivity index (χ1v) is 10.1. The third-order valence-electron chi connectivity index (χ3n) is 5.01. The van der Waals surface area contributed by atoms with Crippen LogP contribution < -0.4 is 10.2 Å². The number of halogens is 4. The fourth-order valence-electron chi connectivity index (χ4n) is 3.31. The van der Waals surface area contributed by atoms with Crippen LogP contribution in [-0.2, 0) is 6.18 Å². The average molecular weight is 466 g/mol. The van der Waals surface area contributed by atoms with E-state index in [1.165, 1.54) is 11.0 Å². The highest BCUT2D eigenvalue weighted by molar-refractivity contribution is 6.31. The largest absolute Gasteiger partial charge is 0.417 e. The number of hydrogen-bond donors (Lipinski definition) is 1. The first-order valence-electron chi connectivity index (χ1n) is 9.75. The average Bonchev–Trinajstić information content (AvgIpc) is 3.21. The number of carbonyl (C=O) groups excluding carboxylic acids is 1. The van der Waals surface area contributed by atoms with E-state index in [0.29, 0.717) is 37.8 Å². The van der Waals surface area contributed by atoms with E-state index in [9.17, 15) is 18.0 Å². The Morgan fingerprint density at radius 2 is 1.72 bits per heavy atom. The molecule has 0 unspecified atom stereocenters. The lowest BCUT2D eigenvalue weighted by molar-refractivity contribution is -0.137. The molecule has 1 saturated heterocycles. The van der Waals surface area contributed by atoms with Crippen LogP contribution in [-0.4, -0.2) is 57.1 Å². The molecule has 0 radical (unpaired) electrons. The summed E-state index contributed by atoms with van der Waals surface area (Å²) in [6, 6.07) is 8.32. The molecule has 1 aromatic carbocycles. The van der Waals surface area contributed by atoms with E-state index >= 15 is 0 Å². The number of amides is 2. The molecule has 0 spiro atoms. The van der Waals surface area contributed by atoms with Crippen molar-refractivity contribution in [2.75, 3.05) is 36.4 Å². The molecule has 32 heavy (non-hydrogen) atoms. The second-order valence-electron chi connectivity index (χ2n) is 7.25. The summed E-state index contributed by atoms with van der Waals surface area (Å²) in [6.07, 6.45) is -2.80. The van der Waals surface area contributed by atoms with Crippen molar-refractivity contribution in [3.05, 3.63) is 58.9 Å². The van der Waals surface area contributed by atoms with Crippen LogP contribution in [0.1, 0.15) is 11.3 Å². The molecule has 0 bridgehead atoms. The molecule has 12 heteroatoms. The molecule has 1 fully saturated rings. The first-order chi connectivity index (χ1) is 15.2. The van der Waals surface area contributed by atoms with Gasteiger partial charge in [0, 0.05) is 38.1 Å². The Hall–Kier alpha value is -3.34. The quantitative estimate of drug-likeness (QED) is 0.632. The molecule has 3 aromatic rings. The molecule has 0 saturated carbocycles. The first kappa shape index (κ1) is 21.9.